The number of nitrogens with one attached hydrogen (secondary N) is 1. The number of methoxy groups -OCH3 is 1. The van der Waals surface area contributed by atoms with E-state index in [1.807, 2.05) is 6.07 Å². The number of carbonyl (C=O) groups excluding carboxylic acids is 1. The molecular formula is C27H21F2N5O3S. The van der Waals surface area contributed by atoms with Crippen LogP contribution in [0.4, 0.5) is 14.5 Å². The summed E-state index contributed by atoms with van der Waals surface area (Å²) >= 11 is 0.934. The van der Waals surface area contributed by atoms with Crippen LogP contribution in [-0.2, 0) is 0 Å². The smallest absolute Gasteiger partial charge is 0.263 e. The summed E-state index contributed by atoms with van der Waals surface area (Å²) in [5.41, 5.74) is 2.48. The summed E-state index contributed by atoms with van der Waals surface area (Å²) in [5, 5.41) is 18.1. The second-order valence-electron chi connectivity index (χ2n) is 7.93. The van der Waals surface area contributed by atoms with E-state index < -0.39 is 12.3 Å². The zero-order valence-electron chi connectivity index (χ0n) is 20.2. The number of pyridine rings is 2. The number of amides is 1. The number of hydrogen-bond donors (Lipinski definition) is 2. The summed E-state index contributed by atoms with van der Waals surface area (Å²) in [6.45, 7) is 1.71. The number of nitrogens with two attached hydrogens (primary N) is 1. The molecule has 1 amide bonds. The van der Waals surface area contributed by atoms with E-state index in [1.165, 1.54) is 37.7 Å². The van der Waals surface area contributed by atoms with E-state index in [-0.39, 0.29) is 28.5 Å². The van der Waals surface area contributed by atoms with Crippen molar-refractivity contribution in [2.75, 3.05) is 12.4 Å². The highest BCUT2D eigenvalue weighted by atomic mass is 32.2. The molecule has 38 heavy (non-hydrogen) atoms. The summed E-state index contributed by atoms with van der Waals surface area (Å²) in [7, 11) is 1.43. The molecule has 0 aliphatic rings. The van der Waals surface area contributed by atoms with Crippen molar-refractivity contribution in [3.8, 4) is 34.6 Å². The minimum absolute atomic E-state index is 0.0153. The molecule has 0 aliphatic carbocycles. The number of carbonyl (C=O) groups is 1. The first-order valence-electron chi connectivity index (χ1n) is 11.1. The summed E-state index contributed by atoms with van der Waals surface area (Å²) in [6, 6.07) is 15.6. The number of hydrogen-bond acceptors (Lipinski definition) is 8. The zero-order chi connectivity index (χ0) is 27.2. The maximum Gasteiger partial charge on any atom is 0.263 e. The maximum absolute atomic E-state index is 13.6. The van der Waals surface area contributed by atoms with Crippen molar-refractivity contribution < 1.29 is 23.0 Å². The first-order valence-corrected chi connectivity index (χ1v) is 12.0. The largest absolute Gasteiger partial charge is 0.493 e. The van der Waals surface area contributed by atoms with E-state index in [2.05, 4.69) is 15.3 Å². The number of benzene rings is 2. The van der Waals surface area contributed by atoms with E-state index >= 15 is 0 Å². The normalized spacial score (nSPS) is 10.7. The van der Waals surface area contributed by atoms with Crippen molar-refractivity contribution in [1.82, 2.24) is 9.97 Å². The fourth-order valence-electron chi connectivity index (χ4n) is 3.69. The van der Waals surface area contributed by atoms with Gasteiger partial charge in [0.05, 0.1) is 18.7 Å². The zero-order valence-corrected chi connectivity index (χ0v) is 21.1. The molecule has 0 saturated carbocycles. The lowest BCUT2D eigenvalue weighted by Crippen LogP contribution is -2.16. The molecule has 0 bridgehead atoms. The Morgan fingerprint density at radius 3 is 2.53 bits per heavy atom. The highest BCUT2D eigenvalue weighted by Crippen LogP contribution is 2.37. The van der Waals surface area contributed by atoms with E-state index in [0.29, 0.717) is 33.0 Å². The Morgan fingerprint density at radius 1 is 1.11 bits per heavy atom. The second kappa shape index (κ2) is 11.7. The highest BCUT2D eigenvalue weighted by Gasteiger charge is 2.23. The Balaban J connectivity index is 1.80. The molecule has 3 N–H and O–H groups in total. The standard InChI is InChI=1S/C27H21F2N5O3S/c1-15-20(17-4-6-18(7-5-17)25(28)29)14-33-27(37-21-8-3-16(13-30)11-22(21)36-2)24(15)26(35)34-19-9-10-32-23(12-19)38-31/h3-12,14,25H,31H2,1-2H3,(H,32,34,35). The van der Waals surface area contributed by atoms with Crippen LogP contribution in [-0.4, -0.2) is 23.0 Å². The van der Waals surface area contributed by atoms with Crippen LogP contribution < -0.4 is 19.9 Å². The molecule has 0 saturated heterocycles. The number of nitrogens with zero attached hydrogens (tertiary/aromatic N) is 3. The third-order valence-electron chi connectivity index (χ3n) is 5.62. The molecule has 4 rings (SSSR count). The lowest BCUT2D eigenvalue weighted by molar-refractivity contribution is 0.102. The minimum atomic E-state index is -2.60. The Morgan fingerprint density at radius 2 is 1.87 bits per heavy atom. The van der Waals surface area contributed by atoms with Gasteiger partial charge in [-0.3, -0.25) is 9.93 Å². The van der Waals surface area contributed by atoms with E-state index in [9.17, 15) is 18.8 Å². The second-order valence-corrected chi connectivity index (χ2v) is 8.59. The van der Waals surface area contributed by atoms with Crippen molar-refractivity contribution in [1.29, 1.82) is 5.26 Å². The predicted octanol–water partition coefficient (Wildman–Crippen LogP) is 6.28. The molecule has 0 atom stereocenters. The van der Waals surface area contributed by atoms with Gasteiger partial charge in [-0.2, -0.15) is 5.26 Å². The first kappa shape index (κ1) is 26.5. The van der Waals surface area contributed by atoms with Gasteiger partial charge < -0.3 is 14.8 Å². The lowest BCUT2D eigenvalue weighted by atomic mass is 9.97. The van der Waals surface area contributed by atoms with Gasteiger partial charge >= 0.3 is 0 Å². The van der Waals surface area contributed by atoms with Crippen LogP contribution in [0.15, 0.2) is 72.0 Å². The van der Waals surface area contributed by atoms with Crippen LogP contribution in [0.2, 0.25) is 0 Å². The topological polar surface area (TPSA) is 123 Å². The highest BCUT2D eigenvalue weighted by molar-refractivity contribution is 7.97. The van der Waals surface area contributed by atoms with E-state index in [0.717, 1.165) is 11.9 Å². The van der Waals surface area contributed by atoms with Crippen LogP contribution in [0.3, 0.4) is 0 Å². The number of nitriles is 1. The van der Waals surface area contributed by atoms with Crippen molar-refractivity contribution >= 4 is 23.5 Å². The first-order chi connectivity index (χ1) is 18.3. The van der Waals surface area contributed by atoms with Crippen molar-refractivity contribution in [2.24, 2.45) is 5.14 Å². The third kappa shape index (κ3) is 5.72. The molecule has 0 fully saturated rings. The van der Waals surface area contributed by atoms with Gasteiger partial charge in [-0.15, -0.1) is 0 Å². The van der Waals surface area contributed by atoms with Gasteiger partial charge in [0, 0.05) is 35.3 Å². The van der Waals surface area contributed by atoms with Gasteiger partial charge in [0.15, 0.2) is 11.5 Å². The van der Waals surface area contributed by atoms with Crippen molar-refractivity contribution in [3.05, 3.63) is 89.2 Å². The molecule has 192 valence electrons. The molecule has 2 heterocycles. The number of halogens is 2. The molecule has 8 nitrogen and oxygen atoms in total. The summed E-state index contributed by atoms with van der Waals surface area (Å²) < 4.78 is 37.5. The van der Waals surface area contributed by atoms with Gasteiger partial charge in [0.2, 0.25) is 5.88 Å². The monoisotopic (exact) mass is 533 g/mol. The summed E-state index contributed by atoms with van der Waals surface area (Å²) in [5.74, 6) is -0.0197. The number of alkyl halides is 2. The summed E-state index contributed by atoms with van der Waals surface area (Å²) in [6.07, 6.45) is 0.417. The molecule has 2 aromatic carbocycles. The number of ether oxygens (including phenoxy) is 2. The predicted molar refractivity (Wildman–Crippen MR) is 139 cm³/mol. The van der Waals surface area contributed by atoms with Crippen LogP contribution >= 0.6 is 11.9 Å². The quantitative estimate of drug-likeness (QED) is 0.254. The van der Waals surface area contributed by atoms with Crippen molar-refractivity contribution in [2.45, 2.75) is 18.4 Å². The molecule has 0 radical (unpaired) electrons. The van der Waals surface area contributed by atoms with Crippen LogP contribution in [0.25, 0.3) is 11.1 Å². The van der Waals surface area contributed by atoms with Crippen LogP contribution in [0.1, 0.15) is 33.5 Å². The van der Waals surface area contributed by atoms with Gasteiger partial charge in [0.1, 0.15) is 10.6 Å². The molecule has 2 aromatic heterocycles. The van der Waals surface area contributed by atoms with E-state index in [1.54, 1.807) is 43.3 Å². The van der Waals surface area contributed by atoms with Gasteiger partial charge in [-0.1, -0.05) is 24.3 Å². The third-order valence-corrected chi connectivity index (χ3v) is 6.08. The number of anilines is 1. The fourth-order valence-corrected chi connectivity index (χ4v) is 4.01. The molecule has 0 aliphatic heterocycles. The Labute approximate surface area is 221 Å². The lowest BCUT2D eigenvalue weighted by Gasteiger charge is -2.17. The molecule has 0 spiro atoms. The van der Waals surface area contributed by atoms with Crippen molar-refractivity contribution in [3.63, 3.8) is 0 Å². The van der Waals surface area contributed by atoms with Gasteiger partial charge in [-0.25, -0.2) is 18.7 Å². The number of aromatic nitrogens is 2. The van der Waals surface area contributed by atoms with E-state index in [4.69, 9.17) is 14.6 Å². The molecule has 0 unspecified atom stereocenters. The number of rotatable bonds is 8. The SMILES string of the molecule is COc1cc(C#N)ccc1Oc1ncc(-c2ccc(C(F)F)cc2)c(C)c1C(=O)Nc1ccnc(SN)c1. The summed E-state index contributed by atoms with van der Waals surface area (Å²) in [4.78, 5) is 22.1. The van der Waals surface area contributed by atoms with Gasteiger partial charge in [-0.05, 0) is 54.3 Å². The Bertz CT molecular complexity index is 1520. The van der Waals surface area contributed by atoms with Crippen LogP contribution in [0, 0.1) is 18.3 Å². The molecule has 11 heteroatoms. The molecular weight excluding hydrogens is 512 g/mol. The fraction of sp³-hybridized carbons (Fsp3) is 0.111. The minimum Gasteiger partial charge on any atom is -0.493 e. The van der Waals surface area contributed by atoms with Crippen LogP contribution in [0.5, 0.6) is 17.4 Å². The van der Waals surface area contributed by atoms with Gasteiger partial charge in [0.25, 0.3) is 12.3 Å². The Hall–Kier alpha value is -4.53. The Kier molecular flexibility index (Phi) is 8.15. The maximum atomic E-state index is 13.6. The average molecular weight is 534 g/mol. The average Bonchev–Trinajstić information content (AvgIpc) is 2.93. The molecule has 4 aromatic rings.